The molecule has 0 aliphatic rings. The molecule has 0 spiro atoms. The molecule has 0 bridgehead atoms. The molecule has 11 aromatic rings. The average molecular weight is 785 g/mol. The molecule has 3 heteroatoms. The van der Waals surface area contributed by atoms with Crippen molar-refractivity contribution in [1.29, 1.82) is 0 Å². The maximum Gasteiger partial charge on any atom is 0.0629 e. The topological polar surface area (TPSA) is 11.4 Å². The third-order valence-electron chi connectivity index (χ3n) is 11.4. The molecule has 0 radical (unpaired) electrons. The van der Waals surface area contributed by atoms with E-state index in [0.29, 0.717) is 5.56 Å². The van der Waals surface area contributed by atoms with Gasteiger partial charge < -0.3 is 14.4 Å². The van der Waals surface area contributed by atoms with Gasteiger partial charge in [0.2, 0.25) is 0 Å². The Hall–Kier alpha value is -8.14. The monoisotopic (exact) mass is 784 g/mol. The molecule has 0 amide bonds. The van der Waals surface area contributed by atoms with Crippen LogP contribution in [0.25, 0.3) is 60.5 Å². The SMILES string of the molecule is [2H]c1c([2H])c([2H])c(-c2ccc(N(c3ccc4c(c3)c3ccc(N(c5ccccc5)c5ccc(-c6ccccc6)cc5)cc3n4-c3ccccc3)c3cccc4ccccc34)cc2)c([2H])c1[2H]. The molecular weight excluding hydrogens is 739 g/mol. The highest BCUT2D eigenvalue weighted by atomic mass is 15.2. The largest absolute Gasteiger partial charge is 0.310 e. The summed E-state index contributed by atoms with van der Waals surface area (Å²) in [5, 5.41) is 4.35. The second-order valence-electron chi connectivity index (χ2n) is 15.0. The molecule has 11 rings (SSSR count). The number of para-hydroxylation sites is 2. The van der Waals surface area contributed by atoms with Gasteiger partial charge in [-0.1, -0.05) is 164 Å². The van der Waals surface area contributed by atoms with E-state index in [0.717, 1.165) is 78.0 Å². The summed E-state index contributed by atoms with van der Waals surface area (Å²) in [7, 11) is 0. The van der Waals surface area contributed by atoms with Gasteiger partial charge in [0.25, 0.3) is 0 Å². The fraction of sp³-hybridized carbons (Fsp3) is 0. The van der Waals surface area contributed by atoms with E-state index >= 15 is 0 Å². The quantitative estimate of drug-likeness (QED) is 0.144. The smallest absolute Gasteiger partial charge is 0.0629 e. The van der Waals surface area contributed by atoms with Crippen molar-refractivity contribution < 1.29 is 6.85 Å². The number of benzene rings is 10. The Kier molecular flexibility index (Phi) is 7.87. The predicted octanol–water partition coefficient (Wildman–Crippen LogP) is 16.2. The van der Waals surface area contributed by atoms with Crippen LogP contribution in [0.2, 0.25) is 0 Å². The normalized spacial score (nSPS) is 12.4. The summed E-state index contributed by atoms with van der Waals surface area (Å²) in [6.07, 6.45) is 0. The lowest BCUT2D eigenvalue weighted by Gasteiger charge is -2.27. The summed E-state index contributed by atoms with van der Waals surface area (Å²) in [6.45, 7) is 0. The molecule has 0 aliphatic carbocycles. The zero-order chi connectivity index (χ0) is 44.9. The van der Waals surface area contributed by atoms with Crippen LogP contribution < -0.4 is 9.80 Å². The first kappa shape index (κ1) is 30.9. The van der Waals surface area contributed by atoms with Crippen LogP contribution >= 0.6 is 0 Å². The molecule has 0 aliphatic heterocycles. The van der Waals surface area contributed by atoms with Crippen molar-refractivity contribution in [3.8, 4) is 27.9 Å². The maximum atomic E-state index is 8.65. The van der Waals surface area contributed by atoms with Crippen LogP contribution in [-0.4, -0.2) is 4.57 Å². The van der Waals surface area contributed by atoms with Crippen LogP contribution in [0.5, 0.6) is 0 Å². The van der Waals surface area contributed by atoms with Gasteiger partial charge in [0.1, 0.15) is 0 Å². The molecule has 10 aromatic carbocycles. The van der Waals surface area contributed by atoms with Gasteiger partial charge in [-0.05, 0) is 113 Å². The van der Waals surface area contributed by atoms with Crippen molar-refractivity contribution in [2.45, 2.75) is 0 Å². The summed E-state index contributed by atoms with van der Waals surface area (Å²) < 4.78 is 44.4. The van der Waals surface area contributed by atoms with Gasteiger partial charge >= 0.3 is 0 Å². The summed E-state index contributed by atoms with van der Waals surface area (Å²) in [5.74, 6) is 0. The Morgan fingerprint density at radius 1 is 0.328 bits per heavy atom. The Morgan fingerprint density at radius 2 is 0.869 bits per heavy atom. The molecule has 288 valence electrons. The van der Waals surface area contributed by atoms with Crippen molar-refractivity contribution >= 4 is 66.7 Å². The summed E-state index contributed by atoms with van der Waals surface area (Å²) in [5.41, 5.74) is 12.1. The molecule has 1 aromatic heterocycles. The van der Waals surface area contributed by atoms with Crippen LogP contribution in [0.4, 0.5) is 34.1 Å². The minimum Gasteiger partial charge on any atom is -0.310 e. The molecule has 0 N–H and O–H groups in total. The van der Waals surface area contributed by atoms with Gasteiger partial charge in [-0.25, -0.2) is 0 Å². The fourth-order valence-corrected chi connectivity index (χ4v) is 8.59. The molecule has 61 heavy (non-hydrogen) atoms. The van der Waals surface area contributed by atoms with E-state index in [4.69, 9.17) is 6.85 Å². The lowest BCUT2D eigenvalue weighted by atomic mass is 10.0. The number of rotatable bonds is 9. The third-order valence-corrected chi connectivity index (χ3v) is 11.4. The first-order valence-electron chi connectivity index (χ1n) is 22.9. The first-order chi connectivity index (χ1) is 32.3. The summed E-state index contributed by atoms with van der Waals surface area (Å²) in [4.78, 5) is 4.55. The molecule has 0 fully saturated rings. The Labute approximate surface area is 363 Å². The van der Waals surface area contributed by atoms with Gasteiger partial charge in [0, 0.05) is 50.3 Å². The Bertz CT molecular complexity index is 3540. The maximum absolute atomic E-state index is 8.65. The second kappa shape index (κ2) is 15.6. The molecular formula is C58H41N3. The highest BCUT2D eigenvalue weighted by Crippen LogP contribution is 2.44. The highest BCUT2D eigenvalue weighted by Gasteiger charge is 2.21. The number of hydrogen-bond donors (Lipinski definition) is 0. The van der Waals surface area contributed by atoms with E-state index in [1.165, 1.54) is 5.56 Å². The number of aromatic nitrogens is 1. The molecule has 1 heterocycles. The van der Waals surface area contributed by atoms with Gasteiger partial charge in [0.05, 0.1) is 23.6 Å². The van der Waals surface area contributed by atoms with Gasteiger partial charge in [-0.2, -0.15) is 0 Å². The van der Waals surface area contributed by atoms with Crippen LogP contribution in [0.1, 0.15) is 6.85 Å². The Balaban J connectivity index is 1.09. The second-order valence-corrected chi connectivity index (χ2v) is 15.0. The standard InChI is InChI=1S/C58H41N3/c1-5-16-42(17-6-1)44-28-32-49(33-29-44)59(47-22-9-3-10-23-47)52-36-38-54-55-40-51(37-39-57(55)61(58(54)41-52)48-24-11-4-12-25-48)60(56-27-15-21-46-20-13-14-26-53(46)56)50-34-30-45(31-35-50)43-18-7-2-8-19-43/h1-41H/i2D,7D,8D,18D,19D. The van der Waals surface area contributed by atoms with Crippen molar-refractivity contribution in [2.75, 3.05) is 9.80 Å². The zero-order valence-corrected chi connectivity index (χ0v) is 33.1. The van der Waals surface area contributed by atoms with E-state index in [9.17, 15) is 0 Å². The van der Waals surface area contributed by atoms with E-state index in [1.54, 1.807) is 0 Å². The summed E-state index contributed by atoms with van der Waals surface area (Å²) in [6, 6.07) is 74.3. The van der Waals surface area contributed by atoms with Gasteiger partial charge in [-0.15, -0.1) is 0 Å². The van der Waals surface area contributed by atoms with Crippen molar-refractivity contribution in [3.63, 3.8) is 0 Å². The highest BCUT2D eigenvalue weighted by molar-refractivity contribution is 6.12. The molecule has 0 unspecified atom stereocenters. The first-order valence-corrected chi connectivity index (χ1v) is 20.4. The summed E-state index contributed by atoms with van der Waals surface area (Å²) >= 11 is 0. The molecule has 3 nitrogen and oxygen atoms in total. The number of nitrogens with zero attached hydrogens (tertiary/aromatic N) is 3. The van der Waals surface area contributed by atoms with E-state index in [-0.39, 0.29) is 29.7 Å². The van der Waals surface area contributed by atoms with Crippen LogP contribution in [0.15, 0.2) is 249 Å². The zero-order valence-electron chi connectivity index (χ0n) is 38.1. The number of fused-ring (bicyclic) bond motifs is 4. The predicted molar refractivity (Wildman–Crippen MR) is 259 cm³/mol. The van der Waals surface area contributed by atoms with Crippen molar-refractivity contribution in [3.05, 3.63) is 249 Å². The third kappa shape index (κ3) is 6.69. The molecule has 0 saturated heterocycles. The fourth-order valence-electron chi connectivity index (χ4n) is 8.59. The number of hydrogen-bond acceptors (Lipinski definition) is 2. The molecule has 0 atom stereocenters. The minimum atomic E-state index is -0.407. The van der Waals surface area contributed by atoms with E-state index < -0.39 is 6.04 Å². The lowest BCUT2D eigenvalue weighted by Crippen LogP contribution is -2.10. The van der Waals surface area contributed by atoms with Crippen LogP contribution in [-0.2, 0) is 0 Å². The number of anilines is 6. The Morgan fingerprint density at radius 3 is 1.61 bits per heavy atom. The van der Waals surface area contributed by atoms with Crippen LogP contribution in [0.3, 0.4) is 0 Å². The van der Waals surface area contributed by atoms with E-state index in [1.807, 2.05) is 48.5 Å². The van der Waals surface area contributed by atoms with Crippen molar-refractivity contribution in [1.82, 2.24) is 4.57 Å². The van der Waals surface area contributed by atoms with Crippen molar-refractivity contribution in [2.24, 2.45) is 0 Å². The average Bonchev–Trinajstić information content (AvgIpc) is 3.70. The molecule has 0 saturated carbocycles. The lowest BCUT2D eigenvalue weighted by molar-refractivity contribution is 1.18. The van der Waals surface area contributed by atoms with E-state index in [2.05, 4.69) is 184 Å². The van der Waals surface area contributed by atoms with Crippen LogP contribution in [0, 0.1) is 0 Å². The van der Waals surface area contributed by atoms with Gasteiger partial charge in [-0.3, -0.25) is 0 Å². The van der Waals surface area contributed by atoms with Gasteiger partial charge in [0.15, 0.2) is 0 Å². The minimum absolute atomic E-state index is 0.175.